The van der Waals surface area contributed by atoms with Crippen LogP contribution in [0.5, 0.6) is 0 Å². The monoisotopic (exact) mass is 361 g/mol. The molecule has 1 aromatic heterocycles. The van der Waals surface area contributed by atoms with E-state index in [4.69, 9.17) is 5.73 Å². The number of aromatic nitrogens is 1. The SMILES string of the molecule is CCn1cc(C(=O)O)c(=O)c2cc(F)c(C3(N)CCNCC3C)c(C)c21. The number of pyridine rings is 1. The van der Waals surface area contributed by atoms with Crippen molar-refractivity contribution in [3.63, 3.8) is 0 Å². The number of aromatic carboxylic acids is 1. The Bertz CT molecular complexity index is 953. The topological polar surface area (TPSA) is 97.4 Å². The fourth-order valence-corrected chi connectivity index (χ4v) is 4.12. The van der Waals surface area contributed by atoms with Crippen molar-refractivity contribution in [2.75, 3.05) is 13.1 Å². The lowest BCUT2D eigenvalue weighted by Gasteiger charge is -2.41. The predicted molar refractivity (Wildman–Crippen MR) is 98.1 cm³/mol. The fraction of sp³-hybridized carbons (Fsp3) is 0.474. The number of nitrogens with two attached hydrogens (primary N) is 1. The van der Waals surface area contributed by atoms with Gasteiger partial charge in [-0.1, -0.05) is 6.92 Å². The molecule has 26 heavy (non-hydrogen) atoms. The molecule has 6 nitrogen and oxygen atoms in total. The molecule has 2 atom stereocenters. The van der Waals surface area contributed by atoms with E-state index in [0.717, 1.165) is 6.07 Å². The maximum absolute atomic E-state index is 15.1. The van der Waals surface area contributed by atoms with Crippen LogP contribution in [0.25, 0.3) is 10.9 Å². The normalized spacial score (nSPS) is 23.3. The maximum atomic E-state index is 15.1. The van der Waals surface area contributed by atoms with E-state index in [-0.39, 0.29) is 16.9 Å². The summed E-state index contributed by atoms with van der Waals surface area (Å²) in [4.78, 5) is 23.9. The van der Waals surface area contributed by atoms with Gasteiger partial charge >= 0.3 is 5.97 Å². The van der Waals surface area contributed by atoms with Gasteiger partial charge in [0.15, 0.2) is 0 Å². The van der Waals surface area contributed by atoms with Crippen LogP contribution in [0, 0.1) is 18.7 Å². The Labute approximate surface area is 150 Å². The number of carboxylic acids is 1. The minimum Gasteiger partial charge on any atom is -0.477 e. The Morgan fingerprint density at radius 3 is 2.81 bits per heavy atom. The number of carboxylic acid groups (broad SMARTS) is 1. The standard InChI is InChI=1S/C19H24FN3O3/c1-4-23-9-13(18(25)26)17(24)12-7-14(20)15(11(3)16(12)23)19(21)5-6-22-8-10(19)2/h7,9-10,22H,4-6,8,21H2,1-3H3,(H,25,26). The molecule has 4 N–H and O–H groups in total. The van der Waals surface area contributed by atoms with Gasteiger partial charge in [-0.05, 0) is 50.9 Å². The molecule has 1 aromatic carbocycles. The van der Waals surface area contributed by atoms with Gasteiger partial charge in [-0.2, -0.15) is 0 Å². The number of hydrogen-bond donors (Lipinski definition) is 3. The molecule has 3 rings (SSSR count). The van der Waals surface area contributed by atoms with E-state index in [1.807, 2.05) is 13.8 Å². The van der Waals surface area contributed by atoms with Crippen molar-refractivity contribution < 1.29 is 14.3 Å². The summed E-state index contributed by atoms with van der Waals surface area (Å²) in [7, 11) is 0. The van der Waals surface area contributed by atoms with Crippen molar-refractivity contribution in [3.05, 3.63) is 45.0 Å². The van der Waals surface area contributed by atoms with Gasteiger partial charge < -0.3 is 20.7 Å². The summed E-state index contributed by atoms with van der Waals surface area (Å²) in [6.07, 6.45) is 1.91. The van der Waals surface area contributed by atoms with Gasteiger partial charge in [-0.15, -0.1) is 0 Å². The quantitative estimate of drug-likeness (QED) is 0.776. The van der Waals surface area contributed by atoms with Crippen LogP contribution in [0.4, 0.5) is 4.39 Å². The molecule has 140 valence electrons. The van der Waals surface area contributed by atoms with Crippen LogP contribution < -0.4 is 16.5 Å². The first-order valence-electron chi connectivity index (χ1n) is 8.82. The third kappa shape index (κ3) is 2.62. The summed E-state index contributed by atoms with van der Waals surface area (Å²) in [5.74, 6) is -1.85. The van der Waals surface area contributed by atoms with Gasteiger partial charge in [0.1, 0.15) is 11.4 Å². The number of benzene rings is 1. The highest BCUT2D eigenvalue weighted by molar-refractivity contribution is 5.93. The van der Waals surface area contributed by atoms with Gasteiger partial charge in [-0.3, -0.25) is 4.79 Å². The second-order valence-corrected chi connectivity index (χ2v) is 7.11. The Morgan fingerprint density at radius 2 is 2.23 bits per heavy atom. The van der Waals surface area contributed by atoms with Crippen LogP contribution in [0.3, 0.4) is 0 Å². The number of aryl methyl sites for hydroxylation is 2. The number of nitrogens with one attached hydrogen (secondary N) is 1. The zero-order chi connectivity index (χ0) is 19.2. The summed E-state index contributed by atoms with van der Waals surface area (Å²) < 4.78 is 16.8. The van der Waals surface area contributed by atoms with Crippen LogP contribution in [0.15, 0.2) is 17.1 Å². The van der Waals surface area contributed by atoms with E-state index >= 15 is 4.39 Å². The molecule has 2 heterocycles. The van der Waals surface area contributed by atoms with Gasteiger partial charge in [0, 0.05) is 29.2 Å². The fourth-order valence-electron chi connectivity index (χ4n) is 4.12. The van der Waals surface area contributed by atoms with E-state index in [0.29, 0.717) is 42.7 Å². The molecule has 1 aliphatic rings. The summed E-state index contributed by atoms with van der Waals surface area (Å²) in [5, 5.41) is 12.6. The van der Waals surface area contributed by atoms with E-state index in [1.54, 1.807) is 11.5 Å². The van der Waals surface area contributed by atoms with E-state index < -0.39 is 22.8 Å². The predicted octanol–water partition coefficient (Wildman–Crippen LogP) is 1.95. The highest BCUT2D eigenvalue weighted by Crippen LogP contribution is 2.38. The largest absolute Gasteiger partial charge is 0.477 e. The first-order valence-corrected chi connectivity index (χ1v) is 8.82. The second-order valence-electron chi connectivity index (χ2n) is 7.11. The van der Waals surface area contributed by atoms with Crippen LogP contribution in [-0.2, 0) is 12.1 Å². The van der Waals surface area contributed by atoms with Crippen LogP contribution in [-0.4, -0.2) is 28.7 Å². The van der Waals surface area contributed by atoms with Crippen molar-refractivity contribution in [2.24, 2.45) is 11.7 Å². The Morgan fingerprint density at radius 1 is 1.54 bits per heavy atom. The van der Waals surface area contributed by atoms with Crippen LogP contribution in [0.1, 0.15) is 41.8 Å². The third-order valence-corrected chi connectivity index (χ3v) is 5.64. The number of nitrogens with zero attached hydrogens (tertiary/aromatic N) is 1. The zero-order valence-electron chi connectivity index (χ0n) is 15.2. The van der Waals surface area contributed by atoms with E-state index in [2.05, 4.69) is 5.32 Å². The molecule has 7 heteroatoms. The smallest absolute Gasteiger partial charge is 0.341 e. The highest BCUT2D eigenvalue weighted by Gasteiger charge is 2.40. The van der Waals surface area contributed by atoms with Crippen molar-refractivity contribution in [1.82, 2.24) is 9.88 Å². The number of carbonyl (C=O) groups is 1. The lowest BCUT2D eigenvalue weighted by atomic mass is 9.73. The Kier molecular flexibility index (Phi) is 4.62. The number of piperidine rings is 1. The first-order chi connectivity index (χ1) is 12.2. The molecule has 1 fully saturated rings. The average molecular weight is 361 g/mol. The van der Waals surface area contributed by atoms with Crippen LogP contribution >= 0.6 is 0 Å². The minimum atomic E-state index is -1.32. The zero-order valence-corrected chi connectivity index (χ0v) is 15.2. The van der Waals surface area contributed by atoms with Gasteiger partial charge in [0.25, 0.3) is 0 Å². The van der Waals surface area contributed by atoms with Gasteiger partial charge in [0.05, 0.1) is 5.52 Å². The molecule has 0 amide bonds. The maximum Gasteiger partial charge on any atom is 0.341 e. The molecule has 0 aliphatic carbocycles. The Balaban J connectivity index is 2.40. The molecular formula is C19H24FN3O3. The number of rotatable bonds is 3. The second kappa shape index (κ2) is 6.48. The summed E-state index contributed by atoms with van der Waals surface area (Å²) >= 11 is 0. The molecule has 0 bridgehead atoms. The molecule has 1 aliphatic heterocycles. The lowest BCUT2D eigenvalue weighted by Crippen LogP contribution is -2.53. The molecule has 0 saturated carbocycles. The van der Waals surface area contributed by atoms with Crippen molar-refractivity contribution >= 4 is 16.9 Å². The van der Waals surface area contributed by atoms with Crippen molar-refractivity contribution in [1.29, 1.82) is 0 Å². The van der Waals surface area contributed by atoms with Gasteiger partial charge in [-0.25, -0.2) is 9.18 Å². The van der Waals surface area contributed by atoms with Crippen LogP contribution in [0.2, 0.25) is 0 Å². The highest BCUT2D eigenvalue weighted by atomic mass is 19.1. The Hall–Kier alpha value is -2.25. The van der Waals surface area contributed by atoms with E-state index in [1.165, 1.54) is 6.20 Å². The third-order valence-electron chi connectivity index (χ3n) is 5.64. The summed E-state index contributed by atoms with van der Waals surface area (Å²) in [6.45, 7) is 7.43. The number of halogens is 1. The number of fused-ring (bicyclic) bond motifs is 1. The molecule has 2 aromatic rings. The summed E-state index contributed by atoms with van der Waals surface area (Å²) in [6, 6.07) is 1.15. The molecule has 0 radical (unpaired) electrons. The minimum absolute atomic E-state index is 0.0157. The lowest BCUT2D eigenvalue weighted by molar-refractivity contribution is 0.0695. The molecule has 0 spiro atoms. The van der Waals surface area contributed by atoms with E-state index in [9.17, 15) is 14.7 Å². The summed E-state index contributed by atoms with van der Waals surface area (Å²) in [5.41, 5.74) is 6.37. The average Bonchev–Trinajstić information content (AvgIpc) is 2.58. The van der Waals surface area contributed by atoms with Gasteiger partial charge in [0.2, 0.25) is 5.43 Å². The molecule has 2 unspecified atom stereocenters. The van der Waals surface area contributed by atoms with Crippen molar-refractivity contribution in [2.45, 2.75) is 39.3 Å². The molecular weight excluding hydrogens is 337 g/mol. The number of hydrogen-bond acceptors (Lipinski definition) is 4. The molecule has 1 saturated heterocycles. The van der Waals surface area contributed by atoms with Crippen molar-refractivity contribution in [3.8, 4) is 0 Å². The first kappa shape index (κ1) is 18.5.